The monoisotopic (exact) mass is 362 g/mol. The van der Waals surface area contributed by atoms with Gasteiger partial charge in [0.05, 0.1) is 6.54 Å². The molecule has 1 N–H and O–H groups in total. The van der Waals surface area contributed by atoms with Crippen LogP contribution in [0.5, 0.6) is 0 Å². The largest absolute Gasteiger partial charge is 0.352 e. The van der Waals surface area contributed by atoms with Crippen LogP contribution in [0.1, 0.15) is 57.1 Å². The molecule has 3 aliphatic carbocycles. The van der Waals surface area contributed by atoms with Crippen molar-refractivity contribution in [3.8, 4) is 0 Å². The molecule has 0 aliphatic heterocycles. The predicted octanol–water partition coefficient (Wildman–Crippen LogP) is 4.67. The Kier molecular flexibility index (Phi) is 4.43. The Morgan fingerprint density at radius 3 is 2.30 bits per heavy atom. The number of nitrogens with one attached hydrogen (secondary N) is 1. The van der Waals surface area contributed by atoms with Crippen molar-refractivity contribution in [1.29, 1.82) is 0 Å². The van der Waals surface area contributed by atoms with Crippen LogP contribution in [0.3, 0.4) is 0 Å². The molecule has 3 nitrogen and oxygen atoms in total. The number of fused-ring (bicyclic) bond motifs is 1. The molecule has 0 heterocycles. The van der Waals surface area contributed by atoms with Crippen LogP contribution in [-0.4, -0.2) is 29.4 Å². The van der Waals surface area contributed by atoms with E-state index in [4.69, 9.17) is 0 Å². The summed E-state index contributed by atoms with van der Waals surface area (Å²) >= 11 is 0. The lowest BCUT2D eigenvalue weighted by molar-refractivity contribution is -0.124. The average molecular weight is 363 g/mol. The predicted molar refractivity (Wildman–Crippen MR) is 109 cm³/mol. The summed E-state index contributed by atoms with van der Waals surface area (Å²) in [6.45, 7) is 2.80. The van der Waals surface area contributed by atoms with Crippen molar-refractivity contribution in [2.24, 2.45) is 11.8 Å². The van der Waals surface area contributed by atoms with Crippen molar-refractivity contribution in [3.63, 3.8) is 0 Å². The van der Waals surface area contributed by atoms with Gasteiger partial charge in [0.2, 0.25) is 5.91 Å². The maximum Gasteiger partial charge on any atom is 0.234 e. The number of hydrogen-bond acceptors (Lipinski definition) is 2. The van der Waals surface area contributed by atoms with Crippen LogP contribution in [0.2, 0.25) is 0 Å². The quantitative estimate of drug-likeness (QED) is 0.740. The lowest BCUT2D eigenvalue weighted by Gasteiger charge is -2.30. The summed E-state index contributed by atoms with van der Waals surface area (Å²) in [6, 6.07) is 16.5. The Morgan fingerprint density at radius 2 is 1.67 bits per heavy atom. The molecule has 3 aliphatic rings. The molecule has 0 aromatic heterocycles. The Hall–Kier alpha value is -1.87. The highest BCUT2D eigenvalue weighted by molar-refractivity contribution is 5.83. The van der Waals surface area contributed by atoms with Gasteiger partial charge in [0.15, 0.2) is 0 Å². The number of nitrogens with zero attached hydrogens (tertiary/aromatic N) is 1. The summed E-state index contributed by atoms with van der Waals surface area (Å²) in [5, 5.41) is 5.97. The molecular weight excluding hydrogens is 332 g/mol. The van der Waals surface area contributed by atoms with Crippen LogP contribution in [0.4, 0.5) is 0 Å². The van der Waals surface area contributed by atoms with E-state index in [1.165, 1.54) is 54.9 Å². The zero-order valence-corrected chi connectivity index (χ0v) is 16.2. The van der Waals surface area contributed by atoms with Gasteiger partial charge >= 0.3 is 0 Å². The molecule has 0 saturated heterocycles. The van der Waals surface area contributed by atoms with Crippen LogP contribution in [-0.2, 0) is 4.79 Å². The molecule has 2 aromatic rings. The fourth-order valence-corrected chi connectivity index (χ4v) is 4.58. The standard InChI is InChI=1S/C24H30N2O/c1-16(20-11-6-17-4-2-3-5-21(17)14-20)26(22-12-13-22)15-23(27)25-24(18-7-8-18)19-9-10-19/h2-6,11,14,16,18-19,22,24H,7-10,12-13,15H2,1H3,(H,25,27). The molecule has 0 bridgehead atoms. The van der Waals surface area contributed by atoms with E-state index < -0.39 is 0 Å². The number of rotatable bonds is 8. The Morgan fingerprint density at radius 1 is 1.00 bits per heavy atom. The third-order valence-electron chi connectivity index (χ3n) is 6.68. The first-order valence-electron chi connectivity index (χ1n) is 10.7. The Balaban J connectivity index is 1.29. The number of carbonyl (C=O) groups is 1. The van der Waals surface area contributed by atoms with Gasteiger partial charge in [0, 0.05) is 18.1 Å². The minimum Gasteiger partial charge on any atom is -0.352 e. The molecule has 27 heavy (non-hydrogen) atoms. The number of amides is 1. The van der Waals surface area contributed by atoms with Gasteiger partial charge in [-0.2, -0.15) is 0 Å². The molecule has 0 spiro atoms. The topological polar surface area (TPSA) is 32.3 Å². The summed E-state index contributed by atoms with van der Waals surface area (Å²) < 4.78 is 0. The molecule has 3 heteroatoms. The molecule has 1 atom stereocenters. The van der Waals surface area contributed by atoms with Crippen LogP contribution >= 0.6 is 0 Å². The molecule has 5 rings (SSSR count). The van der Waals surface area contributed by atoms with E-state index in [-0.39, 0.29) is 11.9 Å². The lowest BCUT2D eigenvalue weighted by Crippen LogP contribution is -2.45. The van der Waals surface area contributed by atoms with Crippen LogP contribution in [0, 0.1) is 11.8 Å². The molecule has 142 valence electrons. The van der Waals surface area contributed by atoms with Crippen molar-refractivity contribution in [3.05, 3.63) is 48.0 Å². The van der Waals surface area contributed by atoms with Crippen LogP contribution in [0.15, 0.2) is 42.5 Å². The highest BCUT2D eigenvalue weighted by Crippen LogP contribution is 2.44. The summed E-state index contributed by atoms with van der Waals surface area (Å²) in [6.07, 6.45) is 7.67. The van der Waals surface area contributed by atoms with Gasteiger partial charge in [-0.3, -0.25) is 9.69 Å². The highest BCUT2D eigenvalue weighted by atomic mass is 16.2. The lowest BCUT2D eigenvalue weighted by atomic mass is 10.0. The van der Waals surface area contributed by atoms with Crippen LogP contribution < -0.4 is 5.32 Å². The fourth-order valence-electron chi connectivity index (χ4n) is 4.58. The number of carbonyl (C=O) groups excluding carboxylic acids is 1. The van der Waals surface area contributed by atoms with Crippen molar-refractivity contribution in [2.75, 3.05) is 6.54 Å². The Bertz CT molecular complexity index is 823. The maximum atomic E-state index is 12.9. The zero-order valence-electron chi connectivity index (χ0n) is 16.2. The fraction of sp³-hybridized carbons (Fsp3) is 0.542. The Labute approximate surface area is 162 Å². The first-order chi connectivity index (χ1) is 13.2. The second-order valence-electron chi connectivity index (χ2n) is 8.95. The molecule has 2 aromatic carbocycles. The third kappa shape index (κ3) is 3.89. The molecule has 0 radical (unpaired) electrons. The normalized spacial score (nSPS) is 21.0. The van der Waals surface area contributed by atoms with Crippen LogP contribution in [0.25, 0.3) is 10.8 Å². The second-order valence-corrected chi connectivity index (χ2v) is 8.95. The first-order valence-corrected chi connectivity index (χ1v) is 10.7. The van der Waals surface area contributed by atoms with E-state index in [9.17, 15) is 4.79 Å². The SMILES string of the molecule is CC(c1ccc2ccccc2c1)N(CC(=O)NC(C1CC1)C1CC1)C1CC1. The van der Waals surface area contributed by atoms with Crippen molar-refractivity contribution in [1.82, 2.24) is 10.2 Å². The van der Waals surface area contributed by atoms with E-state index in [1.807, 2.05) is 0 Å². The van der Waals surface area contributed by atoms with E-state index in [2.05, 4.69) is 59.6 Å². The molecular formula is C24H30N2O. The van der Waals surface area contributed by atoms with E-state index in [1.54, 1.807) is 0 Å². The first kappa shape index (κ1) is 17.2. The number of hydrogen-bond donors (Lipinski definition) is 1. The summed E-state index contributed by atoms with van der Waals surface area (Å²) in [4.78, 5) is 15.3. The van der Waals surface area contributed by atoms with Gasteiger partial charge in [-0.05, 0) is 79.7 Å². The smallest absolute Gasteiger partial charge is 0.234 e. The van der Waals surface area contributed by atoms with Gasteiger partial charge in [0.1, 0.15) is 0 Å². The maximum absolute atomic E-state index is 12.9. The van der Waals surface area contributed by atoms with Gasteiger partial charge in [-0.25, -0.2) is 0 Å². The summed E-state index contributed by atoms with van der Waals surface area (Å²) in [5.41, 5.74) is 1.31. The average Bonchev–Trinajstić information content (AvgIpc) is 3.55. The minimum atomic E-state index is 0.235. The van der Waals surface area contributed by atoms with E-state index in [0.29, 0.717) is 18.6 Å². The molecule has 3 saturated carbocycles. The van der Waals surface area contributed by atoms with Gasteiger partial charge in [0.25, 0.3) is 0 Å². The summed E-state index contributed by atoms with van der Waals surface area (Å²) in [5.74, 6) is 1.75. The number of benzene rings is 2. The van der Waals surface area contributed by atoms with E-state index in [0.717, 1.165) is 11.8 Å². The van der Waals surface area contributed by atoms with Crippen molar-refractivity contribution < 1.29 is 4.79 Å². The molecule has 3 fully saturated rings. The second kappa shape index (κ2) is 6.94. The minimum absolute atomic E-state index is 0.235. The zero-order chi connectivity index (χ0) is 18.4. The van der Waals surface area contributed by atoms with Crippen molar-refractivity contribution in [2.45, 2.75) is 63.6 Å². The summed E-state index contributed by atoms with van der Waals surface area (Å²) in [7, 11) is 0. The van der Waals surface area contributed by atoms with E-state index >= 15 is 0 Å². The van der Waals surface area contributed by atoms with Crippen molar-refractivity contribution >= 4 is 16.7 Å². The van der Waals surface area contributed by atoms with Gasteiger partial charge in [-0.1, -0.05) is 36.4 Å². The van der Waals surface area contributed by atoms with Gasteiger partial charge < -0.3 is 5.32 Å². The van der Waals surface area contributed by atoms with Gasteiger partial charge in [-0.15, -0.1) is 0 Å². The molecule has 1 unspecified atom stereocenters. The highest BCUT2D eigenvalue weighted by Gasteiger charge is 2.43. The third-order valence-corrected chi connectivity index (χ3v) is 6.68. The molecule has 1 amide bonds.